The lowest BCUT2D eigenvalue weighted by atomic mass is 9.92. The minimum atomic E-state index is -1.33. The van der Waals surface area contributed by atoms with E-state index in [1.165, 1.54) is 29.8 Å². The highest BCUT2D eigenvalue weighted by molar-refractivity contribution is 6.09. The van der Waals surface area contributed by atoms with Crippen LogP contribution in [0.1, 0.15) is 24.5 Å². The standard InChI is InChI=1S/C25H29FN4O4/c1-25(19-6-8-20(26)9-7-19)23(32)30(24(33)27-25)17-22(31)29-13-3-12-28(14-15-29)16-18-4-10-21(34-2)11-5-18/h4-11H,3,12-17H2,1-2H3,(H,27,33). The zero-order valence-corrected chi connectivity index (χ0v) is 19.4. The highest BCUT2D eigenvalue weighted by atomic mass is 19.1. The van der Waals surface area contributed by atoms with E-state index in [4.69, 9.17) is 4.74 Å². The van der Waals surface area contributed by atoms with Crippen LogP contribution in [0.2, 0.25) is 0 Å². The van der Waals surface area contributed by atoms with Gasteiger partial charge >= 0.3 is 6.03 Å². The van der Waals surface area contributed by atoms with E-state index in [2.05, 4.69) is 10.2 Å². The second-order valence-electron chi connectivity index (χ2n) is 8.81. The molecule has 4 rings (SSSR count). The van der Waals surface area contributed by atoms with Gasteiger partial charge in [-0.1, -0.05) is 24.3 Å². The first-order valence-electron chi connectivity index (χ1n) is 11.3. The van der Waals surface area contributed by atoms with Crippen molar-refractivity contribution >= 4 is 17.8 Å². The number of hydrogen-bond donors (Lipinski definition) is 1. The summed E-state index contributed by atoms with van der Waals surface area (Å²) in [6.45, 7) is 4.65. The van der Waals surface area contributed by atoms with Gasteiger partial charge in [0.05, 0.1) is 7.11 Å². The molecule has 34 heavy (non-hydrogen) atoms. The minimum Gasteiger partial charge on any atom is -0.497 e. The van der Waals surface area contributed by atoms with Gasteiger partial charge in [0, 0.05) is 32.7 Å². The van der Waals surface area contributed by atoms with Crippen molar-refractivity contribution in [3.63, 3.8) is 0 Å². The third-order valence-electron chi connectivity index (χ3n) is 6.50. The molecule has 9 heteroatoms. The number of carbonyl (C=O) groups is 3. The number of urea groups is 1. The van der Waals surface area contributed by atoms with Crippen molar-refractivity contribution in [1.82, 2.24) is 20.0 Å². The monoisotopic (exact) mass is 468 g/mol. The van der Waals surface area contributed by atoms with Gasteiger partial charge in [0.1, 0.15) is 23.7 Å². The second-order valence-corrected chi connectivity index (χ2v) is 8.81. The molecule has 2 fully saturated rings. The van der Waals surface area contributed by atoms with Crippen molar-refractivity contribution in [3.8, 4) is 5.75 Å². The summed E-state index contributed by atoms with van der Waals surface area (Å²) in [5.41, 5.74) is 0.296. The van der Waals surface area contributed by atoms with Crippen LogP contribution in [-0.2, 0) is 21.7 Å². The number of nitrogens with one attached hydrogen (secondary N) is 1. The summed E-state index contributed by atoms with van der Waals surface area (Å²) < 4.78 is 18.5. The predicted molar refractivity (Wildman–Crippen MR) is 123 cm³/mol. The topological polar surface area (TPSA) is 82.2 Å². The van der Waals surface area contributed by atoms with Crippen molar-refractivity contribution in [2.75, 3.05) is 39.8 Å². The van der Waals surface area contributed by atoms with Gasteiger partial charge < -0.3 is 15.0 Å². The van der Waals surface area contributed by atoms with Crippen LogP contribution in [0.25, 0.3) is 0 Å². The van der Waals surface area contributed by atoms with Gasteiger partial charge in [0.2, 0.25) is 5.91 Å². The summed E-state index contributed by atoms with van der Waals surface area (Å²) in [5.74, 6) is -0.405. The number of amides is 4. The first-order valence-corrected chi connectivity index (χ1v) is 11.3. The van der Waals surface area contributed by atoms with Crippen molar-refractivity contribution < 1.29 is 23.5 Å². The van der Waals surface area contributed by atoms with E-state index in [0.29, 0.717) is 25.2 Å². The molecule has 2 aliphatic rings. The summed E-state index contributed by atoms with van der Waals surface area (Å²) in [5, 5.41) is 2.66. The fraction of sp³-hybridized carbons (Fsp3) is 0.400. The third kappa shape index (κ3) is 4.89. The van der Waals surface area contributed by atoms with Gasteiger partial charge in [0.25, 0.3) is 5.91 Å². The van der Waals surface area contributed by atoms with E-state index in [1.54, 1.807) is 18.9 Å². The molecule has 1 N–H and O–H groups in total. The number of hydrogen-bond acceptors (Lipinski definition) is 5. The molecular weight excluding hydrogens is 439 g/mol. The Morgan fingerprint density at radius 1 is 1.03 bits per heavy atom. The number of methoxy groups -OCH3 is 1. The average Bonchev–Trinajstić information content (AvgIpc) is 2.98. The lowest BCUT2D eigenvalue weighted by Gasteiger charge is -2.25. The molecule has 180 valence electrons. The Kier molecular flexibility index (Phi) is 6.83. The van der Waals surface area contributed by atoms with Crippen LogP contribution in [0.5, 0.6) is 5.75 Å². The Labute approximate surface area is 198 Å². The Hall–Kier alpha value is -3.46. The van der Waals surface area contributed by atoms with E-state index in [0.717, 1.165) is 30.2 Å². The molecule has 2 heterocycles. The van der Waals surface area contributed by atoms with Gasteiger partial charge in [0.15, 0.2) is 0 Å². The van der Waals surface area contributed by atoms with Crippen LogP contribution in [0.15, 0.2) is 48.5 Å². The number of imide groups is 1. The lowest BCUT2D eigenvalue weighted by molar-refractivity contribution is -0.138. The van der Waals surface area contributed by atoms with Crippen molar-refractivity contribution in [1.29, 1.82) is 0 Å². The van der Waals surface area contributed by atoms with Crippen molar-refractivity contribution in [3.05, 3.63) is 65.5 Å². The Balaban J connectivity index is 1.35. The number of rotatable bonds is 6. The summed E-state index contributed by atoms with van der Waals surface area (Å²) in [6.07, 6.45) is 0.801. The van der Waals surface area contributed by atoms with Gasteiger partial charge in [-0.15, -0.1) is 0 Å². The summed E-state index contributed by atoms with van der Waals surface area (Å²) in [6, 6.07) is 12.7. The van der Waals surface area contributed by atoms with Gasteiger partial charge in [-0.2, -0.15) is 0 Å². The smallest absolute Gasteiger partial charge is 0.325 e. The molecule has 2 saturated heterocycles. The molecule has 2 aromatic carbocycles. The van der Waals surface area contributed by atoms with E-state index in [1.807, 2.05) is 24.3 Å². The SMILES string of the molecule is COc1ccc(CN2CCCN(C(=O)CN3C(=O)NC(C)(c4ccc(F)cc4)C3=O)CC2)cc1. The van der Waals surface area contributed by atoms with E-state index >= 15 is 0 Å². The van der Waals surface area contributed by atoms with Crippen LogP contribution in [0.4, 0.5) is 9.18 Å². The summed E-state index contributed by atoms with van der Waals surface area (Å²) in [7, 11) is 1.64. The molecular formula is C25H29FN4O4. The van der Waals surface area contributed by atoms with Crippen molar-refractivity contribution in [2.24, 2.45) is 0 Å². The van der Waals surface area contributed by atoms with E-state index < -0.39 is 23.3 Å². The molecule has 0 aromatic heterocycles. The number of nitrogens with zero attached hydrogens (tertiary/aromatic N) is 3. The summed E-state index contributed by atoms with van der Waals surface area (Å²) >= 11 is 0. The Morgan fingerprint density at radius 2 is 1.74 bits per heavy atom. The maximum atomic E-state index is 13.3. The fourth-order valence-corrected chi connectivity index (χ4v) is 4.42. The van der Waals surface area contributed by atoms with Crippen LogP contribution < -0.4 is 10.1 Å². The minimum absolute atomic E-state index is 0.266. The number of ether oxygens (including phenoxy) is 1. The van der Waals surface area contributed by atoms with Crippen LogP contribution in [0.3, 0.4) is 0 Å². The molecule has 1 atom stereocenters. The third-order valence-corrected chi connectivity index (χ3v) is 6.50. The quantitative estimate of drug-likeness (QED) is 0.659. The molecule has 2 aliphatic heterocycles. The van der Waals surface area contributed by atoms with Crippen LogP contribution >= 0.6 is 0 Å². The number of halogens is 1. The Morgan fingerprint density at radius 3 is 2.41 bits per heavy atom. The van der Waals surface area contributed by atoms with Crippen LogP contribution in [-0.4, -0.2) is 72.4 Å². The second kappa shape index (κ2) is 9.80. The molecule has 8 nitrogen and oxygen atoms in total. The highest BCUT2D eigenvalue weighted by Gasteiger charge is 2.49. The molecule has 0 saturated carbocycles. The maximum Gasteiger partial charge on any atom is 0.325 e. The van der Waals surface area contributed by atoms with Gasteiger partial charge in [-0.05, 0) is 48.7 Å². The molecule has 0 aliphatic carbocycles. The largest absolute Gasteiger partial charge is 0.497 e. The highest BCUT2D eigenvalue weighted by Crippen LogP contribution is 2.29. The summed E-state index contributed by atoms with van der Waals surface area (Å²) in [4.78, 5) is 43.6. The van der Waals surface area contributed by atoms with Gasteiger partial charge in [-0.25, -0.2) is 9.18 Å². The van der Waals surface area contributed by atoms with E-state index in [-0.39, 0.29) is 12.5 Å². The first kappa shape index (κ1) is 23.7. The molecule has 0 radical (unpaired) electrons. The molecule has 0 bridgehead atoms. The normalized spacial score (nSPS) is 21.4. The predicted octanol–water partition coefficient (Wildman–Crippen LogP) is 2.34. The number of carbonyl (C=O) groups excluding carboxylic acids is 3. The lowest BCUT2D eigenvalue weighted by Crippen LogP contribution is -2.45. The average molecular weight is 469 g/mol. The zero-order valence-electron chi connectivity index (χ0n) is 19.4. The van der Waals surface area contributed by atoms with Crippen LogP contribution in [0, 0.1) is 5.82 Å². The molecule has 4 amide bonds. The molecule has 1 unspecified atom stereocenters. The fourth-order valence-electron chi connectivity index (χ4n) is 4.42. The molecule has 2 aromatic rings. The Bertz CT molecular complexity index is 1060. The first-order chi connectivity index (χ1) is 16.3. The maximum absolute atomic E-state index is 13.3. The zero-order chi connectivity index (χ0) is 24.3. The molecule has 0 spiro atoms. The van der Waals surface area contributed by atoms with E-state index in [9.17, 15) is 18.8 Å². The number of benzene rings is 2. The van der Waals surface area contributed by atoms with Gasteiger partial charge in [-0.3, -0.25) is 19.4 Å². The van der Waals surface area contributed by atoms with Crippen molar-refractivity contribution in [2.45, 2.75) is 25.4 Å².